The quantitative estimate of drug-likeness (QED) is 0.358. The summed E-state index contributed by atoms with van der Waals surface area (Å²) >= 11 is 0.778. The molecule has 1 saturated heterocycles. The van der Waals surface area contributed by atoms with Gasteiger partial charge >= 0.3 is 0 Å². The van der Waals surface area contributed by atoms with Gasteiger partial charge in [-0.1, -0.05) is 12.1 Å². The summed E-state index contributed by atoms with van der Waals surface area (Å²) in [5, 5.41) is 6.05. The first kappa shape index (κ1) is 20.9. The number of nitrogens with one attached hydrogen (secondary N) is 3. The standard InChI is InChI=1S/C19H16N6O4S2/c26-18-14(30-19(27)25-18)10-17-21-7-5-16(24-17)22-8-9-23-31(28,29)15-3-1-2-12-11-20-6-4-13(12)15/h1-7,10-11,23H,8-9H2,(H,21,22,24)(H,25,26,27). The van der Waals surface area contributed by atoms with Gasteiger partial charge in [0, 0.05) is 48.5 Å². The predicted octanol–water partition coefficient (Wildman–Crippen LogP) is 1.74. The third kappa shape index (κ3) is 4.87. The normalized spacial score (nSPS) is 15.4. The van der Waals surface area contributed by atoms with Crippen molar-refractivity contribution in [3.05, 3.63) is 59.7 Å². The summed E-state index contributed by atoms with van der Waals surface area (Å²) in [6, 6.07) is 8.29. The Morgan fingerprint density at radius 3 is 2.77 bits per heavy atom. The predicted molar refractivity (Wildman–Crippen MR) is 117 cm³/mol. The number of pyridine rings is 1. The number of fused-ring (bicyclic) bond motifs is 1. The molecule has 3 aromatic rings. The maximum absolute atomic E-state index is 12.7. The van der Waals surface area contributed by atoms with Gasteiger partial charge in [-0.15, -0.1) is 0 Å². The second kappa shape index (κ2) is 8.79. The molecule has 3 N–H and O–H groups in total. The van der Waals surface area contributed by atoms with Crippen LogP contribution in [0.2, 0.25) is 0 Å². The van der Waals surface area contributed by atoms with E-state index in [4.69, 9.17) is 0 Å². The molecule has 0 saturated carbocycles. The van der Waals surface area contributed by atoms with Gasteiger partial charge in [0.05, 0.1) is 9.80 Å². The largest absolute Gasteiger partial charge is 0.369 e. The van der Waals surface area contributed by atoms with Crippen LogP contribution >= 0.6 is 11.8 Å². The number of aromatic nitrogens is 3. The Hall–Kier alpha value is -3.35. The van der Waals surface area contributed by atoms with Crippen LogP contribution in [0.15, 0.2) is 58.7 Å². The molecule has 1 fully saturated rings. The second-order valence-corrected chi connectivity index (χ2v) is 9.08. The summed E-state index contributed by atoms with van der Waals surface area (Å²) in [5.74, 6) is 0.213. The van der Waals surface area contributed by atoms with Gasteiger partial charge in [-0.3, -0.25) is 19.9 Å². The molecule has 0 aliphatic carbocycles. The number of rotatable bonds is 7. The molecule has 3 heterocycles. The second-order valence-electron chi connectivity index (χ2n) is 6.33. The van der Waals surface area contributed by atoms with E-state index in [-0.39, 0.29) is 28.7 Å². The Morgan fingerprint density at radius 1 is 1.10 bits per heavy atom. The Labute approximate surface area is 181 Å². The molecule has 2 amide bonds. The SMILES string of the molecule is O=C1NC(=O)C(=Cc2nccc(NCCNS(=O)(=O)c3cccc4cnccc34)n2)S1. The first-order valence-corrected chi connectivity index (χ1v) is 11.4. The topological polar surface area (TPSA) is 143 Å². The van der Waals surface area contributed by atoms with E-state index in [0.29, 0.717) is 11.2 Å². The zero-order valence-electron chi connectivity index (χ0n) is 15.9. The van der Waals surface area contributed by atoms with Crippen molar-refractivity contribution in [2.75, 3.05) is 18.4 Å². The maximum atomic E-state index is 12.7. The lowest BCUT2D eigenvalue weighted by Gasteiger charge is -2.10. The van der Waals surface area contributed by atoms with Gasteiger partial charge in [0.2, 0.25) is 10.0 Å². The molecule has 1 aromatic carbocycles. The lowest BCUT2D eigenvalue weighted by molar-refractivity contribution is -0.115. The number of hydrogen-bond acceptors (Lipinski definition) is 9. The number of carbonyl (C=O) groups excluding carboxylic acids is 2. The summed E-state index contributed by atoms with van der Waals surface area (Å²) in [6.45, 7) is 0.392. The van der Waals surface area contributed by atoms with E-state index in [1.165, 1.54) is 12.3 Å². The fourth-order valence-corrected chi connectivity index (χ4v) is 4.77. The molecule has 4 rings (SSSR count). The Balaban J connectivity index is 1.38. The van der Waals surface area contributed by atoms with Crippen LogP contribution in [-0.4, -0.2) is 47.6 Å². The van der Waals surface area contributed by atoms with Gasteiger partial charge in [0.1, 0.15) is 5.82 Å². The van der Waals surface area contributed by atoms with Gasteiger partial charge < -0.3 is 5.32 Å². The van der Waals surface area contributed by atoms with Crippen LogP contribution in [-0.2, 0) is 14.8 Å². The van der Waals surface area contributed by atoms with E-state index in [1.54, 1.807) is 42.7 Å². The van der Waals surface area contributed by atoms with E-state index in [2.05, 4.69) is 30.3 Å². The number of hydrogen-bond donors (Lipinski definition) is 3. The van der Waals surface area contributed by atoms with Crippen LogP contribution in [0.25, 0.3) is 16.8 Å². The number of thioether (sulfide) groups is 1. The van der Waals surface area contributed by atoms with Gasteiger partial charge in [-0.25, -0.2) is 23.1 Å². The summed E-state index contributed by atoms with van der Waals surface area (Å²) in [4.78, 5) is 35.5. The molecular formula is C19H16N6O4S2. The summed E-state index contributed by atoms with van der Waals surface area (Å²) < 4.78 is 28.0. The number of carbonyl (C=O) groups is 2. The van der Waals surface area contributed by atoms with Gasteiger partial charge in [-0.05, 0) is 30.0 Å². The van der Waals surface area contributed by atoms with Gasteiger partial charge in [-0.2, -0.15) is 0 Å². The van der Waals surface area contributed by atoms with Crippen LogP contribution in [0.3, 0.4) is 0 Å². The third-order valence-corrected chi connectivity index (χ3v) is 6.56. The number of benzene rings is 1. The van der Waals surface area contributed by atoms with Crippen LogP contribution in [0, 0.1) is 0 Å². The third-order valence-electron chi connectivity index (χ3n) is 4.23. The lowest BCUT2D eigenvalue weighted by atomic mass is 10.2. The molecular weight excluding hydrogens is 440 g/mol. The molecule has 0 spiro atoms. The molecule has 158 valence electrons. The Morgan fingerprint density at radius 2 is 1.97 bits per heavy atom. The maximum Gasteiger partial charge on any atom is 0.290 e. The monoisotopic (exact) mass is 456 g/mol. The molecule has 0 bridgehead atoms. The number of anilines is 1. The zero-order chi connectivity index (χ0) is 21.8. The average molecular weight is 457 g/mol. The molecule has 31 heavy (non-hydrogen) atoms. The van der Waals surface area contributed by atoms with Crippen LogP contribution in [0.5, 0.6) is 0 Å². The van der Waals surface area contributed by atoms with E-state index in [9.17, 15) is 18.0 Å². The first-order chi connectivity index (χ1) is 14.9. The number of sulfonamides is 1. The minimum Gasteiger partial charge on any atom is -0.369 e. The molecule has 1 aliphatic rings. The van der Waals surface area contributed by atoms with Crippen molar-refractivity contribution in [2.24, 2.45) is 0 Å². The Kier molecular flexibility index (Phi) is 5.93. The highest BCUT2D eigenvalue weighted by Gasteiger charge is 2.25. The zero-order valence-corrected chi connectivity index (χ0v) is 17.5. The van der Waals surface area contributed by atoms with Crippen LogP contribution in [0.1, 0.15) is 5.82 Å². The van der Waals surface area contributed by atoms with Crippen molar-refractivity contribution >= 4 is 55.6 Å². The Bertz CT molecular complexity index is 1300. The van der Waals surface area contributed by atoms with E-state index < -0.39 is 21.2 Å². The fraction of sp³-hybridized carbons (Fsp3) is 0.105. The average Bonchev–Trinajstić information content (AvgIpc) is 3.07. The lowest BCUT2D eigenvalue weighted by Crippen LogP contribution is -2.29. The minimum atomic E-state index is -3.72. The molecule has 0 radical (unpaired) electrons. The highest BCUT2D eigenvalue weighted by Crippen LogP contribution is 2.25. The van der Waals surface area contributed by atoms with Crippen molar-refractivity contribution < 1.29 is 18.0 Å². The fourth-order valence-electron chi connectivity index (χ4n) is 2.86. The highest BCUT2D eigenvalue weighted by atomic mass is 32.2. The van der Waals surface area contributed by atoms with Crippen molar-refractivity contribution in [1.82, 2.24) is 25.0 Å². The summed E-state index contributed by atoms with van der Waals surface area (Å²) in [5.41, 5.74) is 0. The first-order valence-electron chi connectivity index (χ1n) is 9.06. The number of nitrogens with zero attached hydrogens (tertiary/aromatic N) is 3. The van der Waals surface area contributed by atoms with Crippen molar-refractivity contribution in [1.29, 1.82) is 0 Å². The van der Waals surface area contributed by atoms with Crippen LogP contribution < -0.4 is 15.4 Å². The molecule has 0 unspecified atom stereocenters. The van der Waals surface area contributed by atoms with Crippen molar-refractivity contribution in [3.63, 3.8) is 0 Å². The highest BCUT2D eigenvalue weighted by molar-refractivity contribution is 8.18. The molecule has 12 heteroatoms. The summed E-state index contributed by atoms with van der Waals surface area (Å²) in [7, 11) is -3.72. The van der Waals surface area contributed by atoms with E-state index in [1.807, 2.05) is 0 Å². The van der Waals surface area contributed by atoms with Crippen molar-refractivity contribution in [2.45, 2.75) is 4.90 Å². The number of amides is 2. The van der Waals surface area contributed by atoms with Gasteiger partial charge in [0.25, 0.3) is 11.1 Å². The molecule has 0 atom stereocenters. The van der Waals surface area contributed by atoms with Gasteiger partial charge in [0.15, 0.2) is 5.82 Å². The van der Waals surface area contributed by atoms with E-state index in [0.717, 1.165) is 17.1 Å². The van der Waals surface area contributed by atoms with E-state index >= 15 is 0 Å². The molecule has 10 nitrogen and oxygen atoms in total. The number of imide groups is 1. The van der Waals surface area contributed by atoms with Crippen LogP contribution in [0.4, 0.5) is 10.6 Å². The molecule has 1 aliphatic heterocycles. The minimum absolute atomic E-state index is 0.122. The summed E-state index contributed by atoms with van der Waals surface area (Å²) in [6.07, 6.45) is 6.07. The molecule has 2 aromatic heterocycles. The smallest absolute Gasteiger partial charge is 0.290 e. The van der Waals surface area contributed by atoms with Crippen molar-refractivity contribution in [3.8, 4) is 0 Å².